The number of ketones is 1. The lowest BCUT2D eigenvalue weighted by atomic mass is 9.87. The van der Waals surface area contributed by atoms with Crippen LogP contribution in [0.5, 0.6) is 0 Å². The second-order valence-electron chi connectivity index (χ2n) is 3.74. The SMILES string of the molecule is O=C(C(Cl)(Cl)Cl)C1(c2ccc(Cl)cc2)C=CC=N1. The number of allylic oxidation sites excluding steroid dienone is 1. The topological polar surface area (TPSA) is 29.4 Å². The Balaban J connectivity index is 2.53. The van der Waals surface area contributed by atoms with Crippen molar-refractivity contribution in [3.63, 3.8) is 0 Å². The number of Topliss-reactive ketones (excluding diaryl/α,β-unsaturated/α-hetero) is 1. The lowest BCUT2D eigenvalue weighted by molar-refractivity contribution is -0.121. The molecule has 0 fully saturated rings. The lowest BCUT2D eigenvalue weighted by Crippen LogP contribution is -2.39. The maximum atomic E-state index is 12.3. The highest BCUT2D eigenvalue weighted by Gasteiger charge is 2.48. The van der Waals surface area contributed by atoms with Crippen LogP contribution in [0, 0.1) is 0 Å². The Kier molecular flexibility index (Phi) is 3.75. The molecule has 0 spiro atoms. The Labute approximate surface area is 124 Å². The van der Waals surface area contributed by atoms with Crippen LogP contribution in [0.25, 0.3) is 0 Å². The Morgan fingerprint density at radius 3 is 2.22 bits per heavy atom. The summed E-state index contributed by atoms with van der Waals surface area (Å²) in [5.41, 5.74) is -0.677. The zero-order valence-corrected chi connectivity index (χ0v) is 11.9. The van der Waals surface area contributed by atoms with Crippen LogP contribution in [0.4, 0.5) is 0 Å². The number of benzene rings is 1. The lowest BCUT2D eigenvalue weighted by Gasteiger charge is -2.26. The predicted molar refractivity (Wildman–Crippen MR) is 76.1 cm³/mol. The number of hydrogen-bond donors (Lipinski definition) is 0. The van der Waals surface area contributed by atoms with Gasteiger partial charge in [0.1, 0.15) is 0 Å². The van der Waals surface area contributed by atoms with E-state index in [0.717, 1.165) is 0 Å². The van der Waals surface area contributed by atoms with E-state index in [1.807, 2.05) is 0 Å². The van der Waals surface area contributed by atoms with Gasteiger partial charge in [-0.25, -0.2) is 0 Å². The molecule has 2 rings (SSSR count). The molecule has 0 aromatic heterocycles. The van der Waals surface area contributed by atoms with Gasteiger partial charge in [-0.3, -0.25) is 9.79 Å². The summed E-state index contributed by atoms with van der Waals surface area (Å²) in [5, 5.41) is 0.557. The van der Waals surface area contributed by atoms with Crippen molar-refractivity contribution < 1.29 is 4.79 Å². The number of hydrogen-bond acceptors (Lipinski definition) is 2. The summed E-state index contributed by atoms with van der Waals surface area (Å²) < 4.78 is -2.04. The molecule has 94 valence electrons. The zero-order valence-electron chi connectivity index (χ0n) is 8.91. The van der Waals surface area contributed by atoms with Crippen LogP contribution < -0.4 is 0 Å². The quantitative estimate of drug-likeness (QED) is 0.753. The predicted octanol–water partition coefficient (Wildman–Crippen LogP) is 4.12. The molecule has 0 amide bonds. The van der Waals surface area contributed by atoms with E-state index in [1.165, 1.54) is 6.21 Å². The molecule has 1 aliphatic rings. The van der Waals surface area contributed by atoms with E-state index >= 15 is 0 Å². The van der Waals surface area contributed by atoms with E-state index in [0.29, 0.717) is 10.6 Å². The van der Waals surface area contributed by atoms with Gasteiger partial charge in [0.05, 0.1) is 0 Å². The summed E-state index contributed by atoms with van der Waals surface area (Å²) in [6.07, 6.45) is 4.74. The summed E-state index contributed by atoms with van der Waals surface area (Å²) in [4.78, 5) is 16.4. The number of halogens is 4. The average Bonchev–Trinajstić information content (AvgIpc) is 2.78. The molecule has 18 heavy (non-hydrogen) atoms. The molecular weight excluding hydrogens is 316 g/mol. The highest BCUT2D eigenvalue weighted by atomic mass is 35.6. The number of nitrogens with zero attached hydrogens (tertiary/aromatic N) is 1. The van der Waals surface area contributed by atoms with Gasteiger partial charge in [-0.1, -0.05) is 58.5 Å². The highest BCUT2D eigenvalue weighted by molar-refractivity contribution is 6.77. The van der Waals surface area contributed by atoms with Crippen LogP contribution in [-0.2, 0) is 10.3 Å². The molecule has 1 atom stereocenters. The van der Waals surface area contributed by atoms with Crippen molar-refractivity contribution in [1.82, 2.24) is 0 Å². The minimum Gasteiger partial charge on any atom is -0.291 e. The summed E-state index contributed by atoms with van der Waals surface area (Å²) >= 11 is 22.9. The number of carbonyl (C=O) groups is 1. The Bertz CT molecular complexity index is 516. The molecule has 0 saturated heterocycles. The maximum Gasteiger partial charge on any atom is 0.252 e. The van der Waals surface area contributed by atoms with Gasteiger partial charge in [0.2, 0.25) is 5.78 Å². The Morgan fingerprint density at radius 2 is 1.78 bits per heavy atom. The van der Waals surface area contributed by atoms with Crippen molar-refractivity contribution in [2.24, 2.45) is 4.99 Å². The largest absolute Gasteiger partial charge is 0.291 e. The number of carbonyl (C=O) groups excluding carboxylic acids is 1. The first kappa shape index (κ1) is 13.9. The van der Waals surface area contributed by atoms with Gasteiger partial charge in [0.15, 0.2) is 5.54 Å². The number of alkyl halides is 3. The second kappa shape index (κ2) is 4.86. The van der Waals surface area contributed by atoms with Crippen molar-refractivity contribution in [3.8, 4) is 0 Å². The Hall–Kier alpha value is -0.540. The van der Waals surface area contributed by atoms with Crippen LogP contribution in [0.1, 0.15) is 5.56 Å². The van der Waals surface area contributed by atoms with Gasteiger partial charge in [0, 0.05) is 11.2 Å². The molecule has 0 bridgehead atoms. The molecule has 1 aromatic carbocycles. The highest BCUT2D eigenvalue weighted by Crippen LogP contribution is 2.41. The molecular formula is C12H7Cl4NO. The summed E-state index contributed by atoms with van der Waals surface area (Å²) in [7, 11) is 0. The molecule has 0 N–H and O–H groups in total. The molecule has 2 nitrogen and oxygen atoms in total. The minimum absolute atomic E-state index is 0.557. The second-order valence-corrected chi connectivity index (χ2v) is 6.46. The molecule has 1 unspecified atom stereocenters. The van der Waals surface area contributed by atoms with Crippen LogP contribution in [-0.4, -0.2) is 15.8 Å². The molecule has 0 saturated carbocycles. The fraction of sp³-hybridized carbons (Fsp3) is 0.167. The van der Waals surface area contributed by atoms with E-state index in [9.17, 15) is 4.79 Å². The van der Waals surface area contributed by atoms with Gasteiger partial charge >= 0.3 is 0 Å². The van der Waals surface area contributed by atoms with Crippen molar-refractivity contribution >= 4 is 58.4 Å². The molecule has 1 aliphatic heterocycles. The minimum atomic E-state index is -2.04. The van der Waals surface area contributed by atoms with Crippen LogP contribution in [0.15, 0.2) is 41.4 Å². The van der Waals surface area contributed by atoms with E-state index in [2.05, 4.69) is 4.99 Å². The molecule has 6 heteroatoms. The third-order valence-corrected chi connectivity index (χ3v) is 3.36. The molecule has 1 aromatic rings. The standard InChI is InChI=1S/C12H7Cl4NO/c13-9-4-2-8(3-5-9)11(6-1-7-17-11)10(18)12(14,15)16/h1-7H. The van der Waals surface area contributed by atoms with Gasteiger partial charge in [-0.05, 0) is 29.8 Å². The number of aliphatic imine (C=N–C) groups is 1. The van der Waals surface area contributed by atoms with E-state index in [1.54, 1.807) is 36.4 Å². The molecule has 0 aliphatic carbocycles. The molecule has 0 radical (unpaired) electrons. The van der Waals surface area contributed by atoms with E-state index < -0.39 is 15.1 Å². The first-order chi connectivity index (χ1) is 8.36. The van der Waals surface area contributed by atoms with Crippen molar-refractivity contribution in [3.05, 3.63) is 47.0 Å². The number of rotatable bonds is 2. The normalized spacial score (nSPS) is 22.4. The van der Waals surface area contributed by atoms with E-state index in [-0.39, 0.29) is 0 Å². The summed E-state index contributed by atoms with van der Waals surface area (Å²) in [6, 6.07) is 6.69. The zero-order chi connectivity index (χ0) is 13.4. The summed E-state index contributed by atoms with van der Waals surface area (Å²) in [6.45, 7) is 0. The fourth-order valence-corrected chi connectivity index (χ4v) is 2.30. The van der Waals surface area contributed by atoms with Crippen molar-refractivity contribution in [1.29, 1.82) is 0 Å². The van der Waals surface area contributed by atoms with Crippen LogP contribution in [0.3, 0.4) is 0 Å². The Morgan fingerprint density at radius 1 is 1.17 bits per heavy atom. The maximum absolute atomic E-state index is 12.3. The first-order valence-corrected chi connectivity index (χ1v) is 6.48. The van der Waals surface area contributed by atoms with Gasteiger partial charge < -0.3 is 0 Å². The molecule has 1 heterocycles. The average molecular weight is 323 g/mol. The monoisotopic (exact) mass is 321 g/mol. The van der Waals surface area contributed by atoms with Crippen LogP contribution >= 0.6 is 46.4 Å². The smallest absolute Gasteiger partial charge is 0.252 e. The van der Waals surface area contributed by atoms with Crippen LogP contribution in [0.2, 0.25) is 5.02 Å². The first-order valence-electron chi connectivity index (χ1n) is 4.97. The van der Waals surface area contributed by atoms with Gasteiger partial charge in [-0.2, -0.15) is 0 Å². The third kappa shape index (κ3) is 2.43. The van der Waals surface area contributed by atoms with Gasteiger partial charge in [-0.15, -0.1) is 0 Å². The summed E-state index contributed by atoms with van der Waals surface area (Å²) in [5.74, 6) is -0.618. The fourth-order valence-electron chi connectivity index (χ4n) is 1.74. The van der Waals surface area contributed by atoms with E-state index in [4.69, 9.17) is 46.4 Å². The van der Waals surface area contributed by atoms with Crippen molar-refractivity contribution in [2.75, 3.05) is 0 Å². The third-order valence-electron chi connectivity index (χ3n) is 2.59. The van der Waals surface area contributed by atoms with Gasteiger partial charge in [0.25, 0.3) is 3.79 Å². The van der Waals surface area contributed by atoms with Crippen molar-refractivity contribution in [2.45, 2.75) is 9.33 Å².